The Kier molecular flexibility index (Phi) is 0.978. The van der Waals surface area contributed by atoms with Crippen LogP contribution in [-0.4, -0.2) is 13.0 Å². The Bertz CT molecular complexity index is 132. The van der Waals surface area contributed by atoms with E-state index in [-0.39, 0.29) is 6.38 Å². The molecule has 1 aliphatic heterocycles. The van der Waals surface area contributed by atoms with Gasteiger partial charge < -0.3 is 9.57 Å². The largest absolute Gasteiger partial charge is 0.450 e. The van der Waals surface area contributed by atoms with Crippen molar-refractivity contribution in [2.45, 2.75) is 0 Å². The highest BCUT2D eigenvalue weighted by Crippen LogP contribution is 1.83. The first-order valence-corrected chi connectivity index (χ1v) is 1.88. The second kappa shape index (κ2) is 2.23. The monoisotopic (exact) mass is 100 g/mol. The number of hydrogen-bond donors (Lipinski definition) is 0. The van der Waals surface area contributed by atoms with E-state index in [0.29, 0.717) is 6.61 Å². The summed E-state index contributed by atoms with van der Waals surface area (Å²) in [4.78, 5) is 4.50. The van der Waals surface area contributed by atoms with Crippen molar-refractivity contribution in [2.75, 3.05) is 6.61 Å². The maximum absolute atomic E-state index is 6.76. The molecule has 0 saturated heterocycles. The number of oxime groups is 1. The molecule has 0 unspecified atom stereocenters. The van der Waals surface area contributed by atoms with Crippen LogP contribution in [0, 0.1) is 0 Å². The molecule has 3 heteroatoms. The molecule has 1 aliphatic rings. The van der Waals surface area contributed by atoms with Crippen LogP contribution in [0.1, 0.15) is 1.37 Å². The molecule has 38 valence electrons. The molecule has 0 aromatic heterocycles. The van der Waals surface area contributed by atoms with Gasteiger partial charge in [-0.1, -0.05) is 5.16 Å². The third-order valence-corrected chi connectivity index (χ3v) is 0.490. The van der Waals surface area contributed by atoms with Gasteiger partial charge >= 0.3 is 0 Å². The molecule has 0 aliphatic carbocycles. The van der Waals surface area contributed by atoms with Gasteiger partial charge in [-0.3, -0.25) is 0 Å². The molecule has 0 saturated carbocycles. The van der Waals surface area contributed by atoms with Gasteiger partial charge in [-0.25, -0.2) is 0 Å². The average molecular weight is 100 g/mol. The van der Waals surface area contributed by atoms with Crippen molar-refractivity contribution < 1.29 is 10.9 Å². The van der Waals surface area contributed by atoms with Crippen molar-refractivity contribution in [1.82, 2.24) is 0 Å². The third-order valence-electron chi connectivity index (χ3n) is 0.490. The predicted molar refractivity (Wildman–Crippen MR) is 24.7 cm³/mol. The minimum absolute atomic E-state index is 0.209. The van der Waals surface area contributed by atoms with Crippen molar-refractivity contribution in [3.05, 3.63) is 12.3 Å². The summed E-state index contributed by atoms with van der Waals surface area (Å²) in [5.41, 5.74) is 0. The number of nitrogens with zero attached hydrogens (tertiary/aromatic N) is 1. The van der Waals surface area contributed by atoms with Gasteiger partial charge in [0.15, 0.2) is 0 Å². The first kappa shape index (κ1) is 3.07. The zero-order valence-corrected chi connectivity index (χ0v) is 3.63. The lowest BCUT2D eigenvalue weighted by molar-refractivity contribution is 0.175. The summed E-state index contributed by atoms with van der Waals surface area (Å²) < 4.78 is 11.3. The van der Waals surface area contributed by atoms with E-state index < -0.39 is 0 Å². The maximum Gasteiger partial charge on any atom is 0.217 e. The standard InChI is InChI=1S/C4H5NO2/c1-2-6-4-5-7-3-1/h1-2,4H,3H2/i4D. The highest BCUT2D eigenvalue weighted by atomic mass is 16.6. The Hall–Kier alpha value is -0.990. The maximum atomic E-state index is 6.76. The van der Waals surface area contributed by atoms with Crippen LogP contribution in [0.3, 0.4) is 0 Å². The van der Waals surface area contributed by atoms with Crippen LogP contribution in [-0.2, 0) is 9.57 Å². The minimum atomic E-state index is -0.209. The van der Waals surface area contributed by atoms with Crippen molar-refractivity contribution >= 4 is 6.38 Å². The number of rotatable bonds is 0. The average Bonchev–Trinajstić information content (AvgIpc) is 1.94. The Morgan fingerprint density at radius 2 is 2.86 bits per heavy atom. The zero-order chi connectivity index (χ0) is 5.82. The Labute approximate surface area is 42.6 Å². The lowest BCUT2D eigenvalue weighted by Crippen LogP contribution is -1.76. The fourth-order valence-corrected chi connectivity index (χ4v) is 0.246. The predicted octanol–water partition coefficient (Wildman–Crippen LogP) is 0.490. The Morgan fingerprint density at radius 1 is 1.86 bits per heavy atom. The number of ether oxygens (including phenoxy) is 1. The molecule has 1 heterocycles. The van der Waals surface area contributed by atoms with Gasteiger partial charge in [0.1, 0.15) is 7.98 Å². The summed E-state index contributed by atoms with van der Waals surface area (Å²) in [6, 6.07) is 0. The summed E-state index contributed by atoms with van der Waals surface area (Å²) in [5, 5.41) is 3.22. The summed E-state index contributed by atoms with van der Waals surface area (Å²) >= 11 is 0. The van der Waals surface area contributed by atoms with Crippen LogP contribution in [0.25, 0.3) is 0 Å². The van der Waals surface area contributed by atoms with Gasteiger partial charge in [0.2, 0.25) is 6.38 Å². The molecular formula is C4H5NO2. The first-order valence-electron chi connectivity index (χ1n) is 2.38. The molecule has 7 heavy (non-hydrogen) atoms. The summed E-state index contributed by atoms with van der Waals surface area (Å²) in [6.07, 6.45) is 2.79. The van der Waals surface area contributed by atoms with E-state index in [1.807, 2.05) is 0 Å². The van der Waals surface area contributed by atoms with Crippen LogP contribution in [0.4, 0.5) is 0 Å². The van der Waals surface area contributed by atoms with E-state index in [9.17, 15) is 0 Å². The van der Waals surface area contributed by atoms with Crippen LogP contribution >= 0.6 is 0 Å². The highest BCUT2D eigenvalue weighted by molar-refractivity contribution is 5.46. The first-order chi connectivity index (χ1) is 3.89. The molecule has 0 spiro atoms. The van der Waals surface area contributed by atoms with Crippen molar-refractivity contribution in [3.63, 3.8) is 0 Å². The van der Waals surface area contributed by atoms with E-state index in [1.54, 1.807) is 6.08 Å². The Balaban J connectivity index is 2.51. The van der Waals surface area contributed by atoms with Crippen LogP contribution in [0.2, 0.25) is 0 Å². The van der Waals surface area contributed by atoms with Crippen molar-refractivity contribution in [3.8, 4) is 0 Å². The van der Waals surface area contributed by atoms with Crippen LogP contribution in [0.5, 0.6) is 0 Å². The molecule has 0 atom stereocenters. The topological polar surface area (TPSA) is 30.8 Å². The second-order valence-electron chi connectivity index (χ2n) is 0.968. The molecule has 0 N–H and O–H groups in total. The minimum Gasteiger partial charge on any atom is -0.450 e. The molecule has 0 aromatic rings. The molecule has 0 radical (unpaired) electrons. The van der Waals surface area contributed by atoms with E-state index in [0.717, 1.165) is 0 Å². The number of hydrogen-bond acceptors (Lipinski definition) is 3. The second-order valence-corrected chi connectivity index (χ2v) is 0.968. The molecule has 1 rings (SSSR count). The fraction of sp³-hybridized carbons (Fsp3) is 0.250. The molecule has 0 aromatic carbocycles. The summed E-state index contributed by atoms with van der Waals surface area (Å²) in [6.45, 7) is 0.377. The van der Waals surface area contributed by atoms with E-state index in [4.69, 9.17) is 1.37 Å². The fourth-order valence-electron chi connectivity index (χ4n) is 0.246. The molecule has 0 fully saturated rings. The highest BCUT2D eigenvalue weighted by Gasteiger charge is 1.79. The lowest BCUT2D eigenvalue weighted by atomic mass is 10.7. The van der Waals surface area contributed by atoms with Gasteiger partial charge in [0.05, 0.1) is 6.26 Å². The Morgan fingerprint density at radius 3 is 3.86 bits per heavy atom. The molecule has 0 bridgehead atoms. The quantitative estimate of drug-likeness (QED) is 0.443. The van der Waals surface area contributed by atoms with E-state index >= 15 is 0 Å². The SMILES string of the molecule is [2H]C1=NOCC=CO1. The van der Waals surface area contributed by atoms with Gasteiger partial charge in [-0.15, -0.1) is 0 Å². The van der Waals surface area contributed by atoms with E-state index in [2.05, 4.69) is 14.7 Å². The third kappa shape index (κ3) is 1.26. The summed E-state index contributed by atoms with van der Waals surface area (Å²) in [7, 11) is 0. The van der Waals surface area contributed by atoms with Gasteiger partial charge in [0, 0.05) is 0 Å². The van der Waals surface area contributed by atoms with Gasteiger partial charge in [-0.05, 0) is 6.08 Å². The zero-order valence-electron chi connectivity index (χ0n) is 4.63. The van der Waals surface area contributed by atoms with Gasteiger partial charge in [-0.2, -0.15) is 0 Å². The van der Waals surface area contributed by atoms with Crippen molar-refractivity contribution in [2.24, 2.45) is 5.16 Å². The molecular weight excluding hydrogens is 94.0 g/mol. The summed E-state index contributed by atoms with van der Waals surface area (Å²) in [5.74, 6) is 0. The lowest BCUT2D eigenvalue weighted by Gasteiger charge is -1.82. The van der Waals surface area contributed by atoms with Gasteiger partial charge in [0.25, 0.3) is 0 Å². The normalized spacial score (nSPS) is 20.6. The molecule has 0 amide bonds. The van der Waals surface area contributed by atoms with Crippen LogP contribution < -0.4 is 0 Å². The van der Waals surface area contributed by atoms with Crippen molar-refractivity contribution in [1.29, 1.82) is 0 Å². The molecule has 3 nitrogen and oxygen atoms in total. The van der Waals surface area contributed by atoms with Crippen LogP contribution in [0.15, 0.2) is 17.5 Å². The van der Waals surface area contributed by atoms with E-state index in [1.165, 1.54) is 6.26 Å². The smallest absolute Gasteiger partial charge is 0.217 e.